The number of carboxylic acids is 1. The van der Waals surface area contributed by atoms with E-state index in [4.69, 9.17) is 5.11 Å². The molecule has 1 saturated heterocycles. The number of aliphatic carboxylic acids is 1. The molecule has 1 amide bonds. The maximum Gasteiger partial charge on any atom is 0.320 e. The van der Waals surface area contributed by atoms with Gasteiger partial charge in [-0.2, -0.15) is 0 Å². The molecule has 0 saturated carbocycles. The van der Waals surface area contributed by atoms with Gasteiger partial charge in [-0.05, 0) is 57.1 Å². The van der Waals surface area contributed by atoms with Crippen molar-refractivity contribution in [1.29, 1.82) is 0 Å². The lowest BCUT2D eigenvalue weighted by atomic mass is 10.0. The van der Waals surface area contributed by atoms with Crippen molar-refractivity contribution in [3.63, 3.8) is 0 Å². The summed E-state index contributed by atoms with van der Waals surface area (Å²) < 4.78 is 0. The van der Waals surface area contributed by atoms with E-state index in [1.165, 1.54) is 5.56 Å². The summed E-state index contributed by atoms with van der Waals surface area (Å²) in [5.41, 5.74) is 2.32. The summed E-state index contributed by atoms with van der Waals surface area (Å²) in [6.45, 7) is 4.12. The van der Waals surface area contributed by atoms with Crippen LogP contribution < -0.4 is 10.6 Å². The summed E-state index contributed by atoms with van der Waals surface area (Å²) in [6, 6.07) is 3.92. The number of aromatic nitrogens is 1. The van der Waals surface area contributed by atoms with Crippen LogP contribution in [0.5, 0.6) is 0 Å². The van der Waals surface area contributed by atoms with Gasteiger partial charge in [0, 0.05) is 37.8 Å². The fourth-order valence-electron chi connectivity index (χ4n) is 3.83. The van der Waals surface area contributed by atoms with Crippen molar-refractivity contribution in [3.8, 4) is 0 Å². The van der Waals surface area contributed by atoms with Crippen LogP contribution in [-0.4, -0.2) is 58.6 Å². The standard InChI is InChI=1S/C20H30N4O3/c1-14(20(26)27)24-12-9-17(10-13-24)22-18(25)6-2-5-16-8-7-15-4-3-11-21-19(15)23-16/h7-8,14,17H,2-6,9-13H2,1H3,(H,21,23)(H,22,25)(H,26,27)/t14-/m1/s1. The van der Waals surface area contributed by atoms with E-state index >= 15 is 0 Å². The highest BCUT2D eigenvalue weighted by molar-refractivity contribution is 5.76. The number of nitrogens with one attached hydrogen (secondary N) is 2. The number of nitrogens with zero attached hydrogens (tertiary/aromatic N) is 2. The highest BCUT2D eigenvalue weighted by Gasteiger charge is 2.26. The summed E-state index contributed by atoms with van der Waals surface area (Å²) in [4.78, 5) is 29.9. The fraction of sp³-hybridized carbons (Fsp3) is 0.650. The molecule has 1 aromatic heterocycles. The third-order valence-corrected chi connectivity index (χ3v) is 5.59. The van der Waals surface area contributed by atoms with Crippen LogP contribution in [0.3, 0.4) is 0 Å². The molecule has 3 heterocycles. The quantitative estimate of drug-likeness (QED) is 0.674. The SMILES string of the molecule is C[C@H](C(=O)O)N1CCC(NC(=O)CCCc2ccc3c(n2)NCCC3)CC1. The zero-order valence-electron chi connectivity index (χ0n) is 16.0. The third kappa shape index (κ3) is 5.42. The molecule has 1 fully saturated rings. The highest BCUT2D eigenvalue weighted by Crippen LogP contribution is 2.20. The minimum Gasteiger partial charge on any atom is -0.480 e. The molecule has 0 radical (unpaired) electrons. The summed E-state index contributed by atoms with van der Waals surface area (Å²) >= 11 is 0. The van der Waals surface area contributed by atoms with Gasteiger partial charge in [-0.15, -0.1) is 0 Å². The Bertz CT molecular complexity index is 671. The van der Waals surface area contributed by atoms with Crippen LogP contribution in [0.15, 0.2) is 12.1 Å². The first-order chi connectivity index (χ1) is 13.0. The lowest BCUT2D eigenvalue weighted by Gasteiger charge is -2.34. The molecule has 148 valence electrons. The molecule has 2 aliphatic heterocycles. The molecule has 2 aliphatic rings. The summed E-state index contributed by atoms with van der Waals surface area (Å²) in [7, 11) is 0. The molecule has 27 heavy (non-hydrogen) atoms. The van der Waals surface area contributed by atoms with Gasteiger partial charge in [-0.3, -0.25) is 14.5 Å². The lowest BCUT2D eigenvalue weighted by Crippen LogP contribution is -2.49. The molecular weight excluding hydrogens is 344 g/mol. The number of amides is 1. The van der Waals surface area contributed by atoms with Gasteiger partial charge in [0.05, 0.1) is 0 Å². The van der Waals surface area contributed by atoms with Crippen LogP contribution in [0.1, 0.15) is 50.3 Å². The van der Waals surface area contributed by atoms with Crippen molar-refractivity contribution < 1.29 is 14.7 Å². The van der Waals surface area contributed by atoms with Crippen molar-refractivity contribution in [2.24, 2.45) is 0 Å². The Morgan fingerprint density at radius 1 is 1.37 bits per heavy atom. The molecule has 0 aliphatic carbocycles. The first-order valence-corrected chi connectivity index (χ1v) is 10.0. The normalized spacial score (nSPS) is 19.0. The number of carbonyl (C=O) groups excluding carboxylic acids is 1. The van der Waals surface area contributed by atoms with Crippen molar-refractivity contribution in [2.75, 3.05) is 25.0 Å². The van der Waals surface area contributed by atoms with Crippen molar-refractivity contribution in [1.82, 2.24) is 15.2 Å². The van der Waals surface area contributed by atoms with E-state index in [1.54, 1.807) is 6.92 Å². The number of carbonyl (C=O) groups is 2. The Balaban J connectivity index is 1.36. The fourth-order valence-corrected chi connectivity index (χ4v) is 3.83. The Morgan fingerprint density at radius 3 is 2.89 bits per heavy atom. The molecule has 7 heteroatoms. The Kier molecular flexibility index (Phi) is 6.66. The second kappa shape index (κ2) is 9.17. The number of likely N-dealkylation sites (tertiary alicyclic amines) is 1. The molecule has 3 rings (SSSR count). The van der Waals surface area contributed by atoms with E-state index in [1.807, 2.05) is 4.90 Å². The van der Waals surface area contributed by atoms with Gasteiger partial charge < -0.3 is 15.7 Å². The van der Waals surface area contributed by atoms with Gasteiger partial charge in [0.15, 0.2) is 0 Å². The van der Waals surface area contributed by atoms with E-state index in [9.17, 15) is 9.59 Å². The van der Waals surface area contributed by atoms with Crippen LogP contribution in [0.4, 0.5) is 5.82 Å². The monoisotopic (exact) mass is 374 g/mol. The van der Waals surface area contributed by atoms with E-state index in [0.29, 0.717) is 19.5 Å². The zero-order valence-corrected chi connectivity index (χ0v) is 16.0. The largest absolute Gasteiger partial charge is 0.480 e. The molecule has 7 nitrogen and oxygen atoms in total. The first kappa shape index (κ1) is 19.6. The number of hydrogen-bond donors (Lipinski definition) is 3. The third-order valence-electron chi connectivity index (χ3n) is 5.59. The van der Waals surface area contributed by atoms with Gasteiger partial charge in [0.1, 0.15) is 11.9 Å². The predicted octanol–water partition coefficient (Wildman–Crippen LogP) is 1.82. The van der Waals surface area contributed by atoms with E-state index in [0.717, 1.165) is 56.6 Å². The maximum absolute atomic E-state index is 12.2. The van der Waals surface area contributed by atoms with E-state index < -0.39 is 12.0 Å². The summed E-state index contributed by atoms with van der Waals surface area (Å²) in [5, 5.41) is 15.5. The molecular formula is C20H30N4O3. The van der Waals surface area contributed by atoms with Crippen LogP contribution in [0.2, 0.25) is 0 Å². The zero-order chi connectivity index (χ0) is 19.2. The number of hydrogen-bond acceptors (Lipinski definition) is 5. The van der Waals surface area contributed by atoms with Gasteiger partial charge in [-0.1, -0.05) is 6.07 Å². The van der Waals surface area contributed by atoms with Crippen molar-refractivity contribution in [3.05, 3.63) is 23.4 Å². The summed E-state index contributed by atoms with van der Waals surface area (Å²) in [6.07, 6.45) is 5.94. The molecule has 0 unspecified atom stereocenters. The minimum atomic E-state index is -0.788. The lowest BCUT2D eigenvalue weighted by molar-refractivity contribution is -0.143. The predicted molar refractivity (Wildman–Crippen MR) is 104 cm³/mol. The minimum absolute atomic E-state index is 0.0795. The van der Waals surface area contributed by atoms with Crippen LogP contribution in [0.25, 0.3) is 0 Å². The summed E-state index contributed by atoms with van der Waals surface area (Å²) in [5.74, 6) is 0.296. The number of piperidine rings is 1. The topological polar surface area (TPSA) is 94.6 Å². The molecule has 1 atom stereocenters. The van der Waals surface area contributed by atoms with Crippen LogP contribution in [-0.2, 0) is 22.4 Å². The van der Waals surface area contributed by atoms with Gasteiger partial charge in [-0.25, -0.2) is 4.98 Å². The maximum atomic E-state index is 12.2. The van der Waals surface area contributed by atoms with Crippen LogP contribution in [0, 0.1) is 0 Å². The average Bonchev–Trinajstić information content (AvgIpc) is 2.68. The average molecular weight is 374 g/mol. The Morgan fingerprint density at radius 2 is 2.15 bits per heavy atom. The first-order valence-electron chi connectivity index (χ1n) is 10.0. The Labute approximate surface area is 160 Å². The van der Waals surface area contributed by atoms with Crippen molar-refractivity contribution in [2.45, 2.75) is 64.0 Å². The van der Waals surface area contributed by atoms with Gasteiger partial charge in [0.2, 0.25) is 5.91 Å². The van der Waals surface area contributed by atoms with E-state index in [2.05, 4.69) is 27.8 Å². The number of pyridine rings is 1. The molecule has 0 spiro atoms. The molecule has 1 aromatic rings. The van der Waals surface area contributed by atoms with E-state index in [-0.39, 0.29) is 11.9 Å². The molecule has 0 bridgehead atoms. The highest BCUT2D eigenvalue weighted by atomic mass is 16.4. The number of anilines is 1. The molecule has 3 N–H and O–H groups in total. The number of carboxylic acid groups (broad SMARTS) is 1. The Hall–Kier alpha value is -2.15. The van der Waals surface area contributed by atoms with Gasteiger partial charge in [0.25, 0.3) is 0 Å². The second-order valence-electron chi connectivity index (χ2n) is 7.59. The number of rotatable bonds is 7. The van der Waals surface area contributed by atoms with Crippen LogP contribution >= 0.6 is 0 Å². The van der Waals surface area contributed by atoms with Crippen molar-refractivity contribution >= 4 is 17.7 Å². The number of fused-ring (bicyclic) bond motifs is 1. The number of aryl methyl sites for hydroxylation is 2. The second-order valence-corrected chi connectivity index (χ2v) is 7.59. The molecule has 0 aromatic carbocycles. The smallest absolute Gasteiger partial charge is 0.320 e. The van der Waals surface area contributed by atoms with Gasteiger partial charge >= 0.3 is 5.97 Å².